The molecular weight excluding hydrogens is 328 g/mol. The second kappa shape index (κ2) is 7.11. The van der Waals surface area contributed by atoms with Crippen molar-refractivity contribution in [1.82, 2.24) is 5.32 Å². The van der Waals surface area contributed by atoms with Gasteiger partial charge in [-0.2, -0.15) is 0 Å². The maximum absolute atomic E-state index is 14.2. The Balaban J connectivity index is 1.80. The Hall–Kier alpha value is -1.59. The lowest BCUT2D eigenvalue weighted by atomic mass is 9.99. The predicted octanol–water partition coefficient (Wildman–Crippen LogP) is 4.50. The molecule has 0 unspecified atom stereocenters. The van der Waals surface area contributed by atoms with Crippen molar-refractivity contribution in [2.45, 2.75) is 36.7 Å². The maximum atomic E-state index is 14.2. The van der Waals surface area contributed by atoms with Gasteiger partial charge in [0.15, 0.2) is 0 Å². The molecule has 3 rings (SSSR count). The first kappa shape index (κ1) is 17.2. The molecule has 0 bridgehead atoms. The standard InChI is InChI=1S/C19H21F2NOS/c1-12(13-5-8-16(9-6-13)24(2)23)22-19(14-3-4-14)17-11-15(20)7-10-18(17)21/h5-12,14,19,22H,3-4H2,1-2H3/t12-,19+,24+/m0/s1. The van der Waals surface area contributed by atoms with E-state index in [2.05, 4.69) is 5.32 Å². The third kappa shape index (κ3) is 3.90. The number of benzene rings is 2. The van der Waals surface area contributed by atoms with E-state index < -0.39 is 16.6 Å². The molecule has 2 aromatic carbocycles. The summed E-state index contributed by atoms with van der Waals surface area (Å²) in [5.74, 6) is -0.447. The molecule has 0 aliphatic heterocycles. The first-order valence-corrected chi connectivity index (χ1v) is 9.66. The molecule has 2 nitrogen and oxygen atoms in total. The summed E-state index contributed by atoms with van der Waals surface area (Å²) in [7, 11) is -1.01. The number of hydrogen-bond acceptors (Lipinski definition) is 2. The fourth-order valence-electron chi connectivity index (χ4n) is 2.98. The van der Waals surface area contributed by atoms with Crippen LogP contribution in [-0.4, -0.2) is 10.5 Å². The second-order valence-electron chi connectivity index (χ2n) is 6.39. The van der Waals surface area contributed by atoms with Crippen LogP contribution in [0.2, 0.25) is 0 Å². The number of hydrogen-bond donors (Lipinski definition) is 1. The van der Waals surface area contributed by atoms with Crippen molar-refractivity contribution in [1.29, 1.82) is 0 Å². The summed E-state index contributed by atoms with van der Waals surface area (Å²) in [5, 5.41) is 3.45. The molecule has 24 heavy (non-hydrogen) atoms. The minimum Gasteiger partial charge on any atom is -0.303 e. The molecule has 0 aromatic heterocycles. The van der Waals surface area contributed by atoms with Gasteiger partial charge >= 0.3 is 0 Å². The number of rotatable bonds is 6. The zero-order valence-electron chi connectivity index (χ0n) is 13.8. The van der Waals surface area contributed by atoms with Crippen LogP contribution >= 0.6 is 0 Å². The van der Waals surface area contributed by atoms with Gasteiger partial charge in [0.1, 0.15) is 11.6 Å². The van der Waals surface area contributed by atoms with Crippen molar-refractivity contribution >= 4 is 10.8 Å². The van der Waals surface area contributed by atoms with Crippen LogP contribution < -0.4 is 5.32 Å². The highest BCUT2D eigenvalue weighted by molar-refractivity contribution is 7.84. The molecule has 0 spiro atoms. The second-order valence-corrected chi connectivity index (χ2v) is 7.77. The van der Waals surface area contributed by atoms with Gasteiger partial charge in [-0.1, -0.05) is 12.1 Å². The van der Waals surface area contributed by atoms with E-state index in [1.807, 2.05) is 31.2 Å². The topological polar surface area (TPSA) is 29.1 Å². The Morgan fingerprint density at radius 2 is 1.79 bits per heavy atom. The van der Waals surface area contributed by atoms with Crippen molar-refractivity contribution in [2.75, 3.05) is 6.26 Å². The van der Waals surface area contributed by atoms with Crippen molar-refractivity contribution in [3.63, 3.8) is 0 Å². The van der Waals surface area contributed by atoms with Crippen molar-refractivity contribution in [3.05, 3.63) is 65.2 Å². The highest BCUT2D eigenvalue weighted by Gasteiger charge is 2.34. The van der Waals surface area contributed by atoms with Crippen LogP contribution in [0.3, 0.4) is 0 Å². The van der Waals surface area contributed by atoms with Gasteiger partial charge < -0.3 is 5.32 Å². The van der Waals surface area contributed by atoms with Crippen LogP contribution in [0.15, 0.2) is 47.4 Å². The molecule has 0 saturated heterocycles. The van der Waals surface area contributed by atoms with Crippen molar-refractivity contribution in [3.8, 4) is 0 Å². The highest BCUT2D eigenvalue weighted by atomic mass is 32.2. The van der Waals surface area contributed by atoms with Gasteiger partial charge in [0, 0.05) is 39.6 Å². The Morgan fingerprint density at radius 3 is 2.38 bits per heavy atom. The molecule has 1 N–H and O–H groups in total. The smallest absolute Gasteiger partial charge is 0.128 e. The Labute approximate surface area is 143 Å². The molecule has 0 heterocycles. The van der Waals surface area contributed by atoms with Crippen LogP contribution in [0.5, 0.6) is 0 Å². The van der Waals surface area contributed by atoms with Crippen LogP contribution in [0.1, 0.15) is 43.0 Å². The number of halogens is 2. The average Bonchev–Trinajstić information content (AvgIpc) is 3.40. The number of nitrogens with one attached hydrogen (secondary N) is 1. The molecule has 2 aromatic rings. The summed E-state index contributed by atoms with van der Waals surface area (Å²) >= 11 is 0. The van der Waals surface area contributed by atoms with Gasteiger partial charge in [-0.3, -0.25) is 4.21 Å². The summed E-state index contributed by atoms with van der Waals surface area (Å²) in [4.78, 5) is 0.779. The average molecular weight is 349 g/mol. The fraction of sp³-hybridized carbons (Fsp3) is 0.368. The minimum absolute atomic E-state index is 0.0161. The van der Waals surface area contributed by atoms with E-state index >= 15 is 0 Å². The first-order valence-electron chi connectivity index (χ1n) is 8.10. The van der Waals surface area contributed by atoms with E-state index in [9.17, 15) is 13.0 Å². The molecule has 1 saturated carbocycles. The van der Waals surface area contributed by atoms with E-state index in [1.165, 1.54) is 12.1 Å². The first-order chi connectivity index (χ1) is 11.5. The molecule has 1 aliphatic carbocycles. The third-order valence-corrected chi connectivity index (χ3v) is 5.46. The lowest BCUT2D eigenvalue weighted by Crippen LogP contribution is -2.27. The van der Waals surface area contributed by atoms with E-state index in [4.69, 9.17) is 0 Å². The van der Waals surface area contributed by atoms with E-state index in [0.717, 1.165) is 29.4 Å². The lowest BCUT2D eigenvalue weighted by molar-refractivity contribution is 0.410. The van der Waals surface area contributed by atoms with Crippen molar-refractivity contribution < 1.29 is 13.0 Å². The van der Waals surface area contributed by atoms with Crippen LogP contribution in [-0.2, 0) is 10.8 Å². The molecule has 0 amide bonds. The maximum Gasteiger partial charge on any atom is 0.128 e. The molecule has 5 heteroatoms. The van der Waals surface area contributed by atoms with E-state index in [-0.39, 0.29) is 17.9 Å². The largest absolute Gasteiger partial charge is 0.303 e. The molecular formula is C19H21F2NOS. The van der Waals surface area contributed by atoms with E-state index in [1.54, 1.807) is 6.26 Å². The monoisotopic (exact) mass is 349 g/mol. The fourth-order valence-corrected chi connectivity index (χ4v) is 3.50. The van der Waals surface area contributed by atoms with Crippen molar-refractivity contribution in [2.24, 2.45) is 5.92 Å². The van der Waals surface area contributed by atoms with E-state index in [0.29, 0.717) is 11.5 Å². The molecule has 0 radical (unpaired) electrons. The Kier molecular flexibility index (Phi) is 5.11. The quantitative estimate of drug-likeness (QED) is 0.832. The third-order valence-electron chi connectivity index (χ3n) is 4.53. The zero-order chi connectivity index (χ0) is 17.3. The summed E-state index contributed by atoms with van der Waals surface area (Å²) in [6, 6.07) is 11.0. The lowest BCUT2D eigenvalue weighted by Gasteiger charge is -2.24. The normalized spacial score (nSPS) is 18.2. The van der Waals surface area contributed by atoms with Gasteiger partial charge in [-0.25, -0.2) is 8.78 Å². The zero-order valence-corrected chi connectivity index (χ0v) is 14.6. The van der Waals surface area contributed by atoms with Crippen LogP contribution in [0.25, 0.3) is 0 Å². The molecule has 1 fully saturated rings. The Bertz CT molecular complexity index is 744. The van der Waals surface area contributed by atoms with Gasteiger partial charge in [0.2, 0.25) is 0 Å². The van der Waals surface area contributed by atoms with Gasteiger partial charge in [0.25, 0.3) is 0 Å². The summed E-state index contributed by atoms with van der Waals surface area (Å²) in [6.07, 6.45) is 3.69. The summed E-state index contributed by atoms with van der Waals surface area (Å²) in [5.41, 5.74) is 1.43. The van der Waals surface area contributed by atoms with Gasteiger partial charge in [0.05, 0.1) is 0 Å². The van der Waals surface area contributed by atoms with Gasteiger partial charge in [-0.15, -0.1) is 0 Å². The molecule has 128 valence electrons. The SMILES string of the molecule is C[C@H](N[C@@H](c1cc(F)ccc1F)C1CC1)c1ccc([S@@](C)=O)cc1. The highest BCUT2D eigenvalue weighted by Crippen LogP contribution is 2.43. The summed E-state index contributed by atoms with van der Waals surface area (Å²) in [6.45, 7) is 2.00. The molecule has 1 aliphatic rings. The van der Waals surface area contributed by atoms with Crippen LogP contribution in [0.4, 0.5) is 8.78 Å². The Morgan fingerprint density at radius 1 is 1.12 bits per heavy atom. The van der Waals surface area contributed by atoms with Crippen LogP contribution in [0, 0.1) is 17.6 Å². The molecule has 3 atom stereocenters. The minimum atomic E-state index is -1.01. The predicted molar refractivity (Wildman–Crippen MR) is 92.1 cm³/mol. The summed E-state index contributed by atoms with van der Waals surface area (Å²) < 4.78 is 39.2. The van der Waals surface area contributed by atoms with Gasteiger partial charge in [-0.05, 0) is 61.6 Å².